The fourth-order valence-corrected chi connectivity index (χ4v) is 4.41. The molecular formula is C17H27NS. The quantitative estimate of drug-likeness (QED) is 0.842. The summed E-state index contributed by atoms with van der Waals surface area (Å²) in [6.07, 6.45) is 7.17. The van der Waals surface area contributed by atoms with Gasteiger partial charge in [-0.05, 0) is 44.9 Å². The van der Waals surface area contributed by atoms with Crippen molar-refractivity contribution in [1.29, 1.82) is 0 Å². The van der Waals surface area contributed by atoms with Crippen LogP contribution in [-0.4, -0.2) is 18.1 Å². The molecule has 106 valence electrons. The predicted octanol–water partition coefficient (Wildman–Crippen LogP) is 4.63. The van der Waals surface area contributed by atoms with Crippen LogP contribution in [0.5, 0.6) is 0 Å². The van der Waals surface area contributed by atoms with Crippen LogP contribution in [0, 0.1) is 13.8 Å². The Hall–Kier alpha value is -0.470. The highest BCUT2D eigenvalue weighted by Crippen LogP contribution is 2.31. The Morgan fingerprint density at radius 3 is 2.63 bits per heavy atom. The number of benzene rings is 1. The van der Waals surface area contributed by atoms with Crippen molar-refractivity contribution in [2.45, 2.75) is 57.2 Å². The Balaban J connectivity index is 1.97. The molecule has 0 amide bonds. The summed E-state index contributed by atoms with van der Waals surface area (Å²) in [5.74, 6) is 1.20. The molecule has 1 saturated carbocycles. The number of thioether (sulfide) groups is 1. The van der Waals surface area contributed by atoms with Crippen molar-refractivity contribution in [3.63, 3.8) is 0 Å². The van der Waals surface area contributed by atoms with Crippen LogP contribution in [0.25, 0.3) is 0 Å². The van der Waals surface area contributed by atoms with E-state index in [1.54, 1.807) is 0 Å². The van der Waals surface area contributed by atoms with E-state index in [9.17, 15) is 0 Å². The summed E-state index contributed by atoms with van der Waals surface area (Å²) in [6, 6.07) is 7.30. The van der Waals surface area contributed by atoms with Crippen LogP contribution >= 0.6 is 11.8 Å². The van der Waals surface area contributed by atoms with Crippen molar-refractivity contribution >= 4 is 11.8 Å². The number of hydrogen-bond donors (Lipinski definition) is 1. The second-order valence-corrected chi connectivity index (χ2v) is 7.13. The van der Waals surface area contributed by atoms with Crippen LogP contribution < -0.4 is 5.32 Å². The van der Waals surface area contributed by atoms with Crippen molar-refractivity contribution in [2.24, 2.45) is 0 Å². The molecule has 1 aromatic carbocycles. The highest BCUT2D eigenvalue weighted by Gasteiger charge is 2.18. The fourth-order valence-electron chi connectivity index (χ4n) is 2.93. The Morgan fingerprint density at radius 2 is 1.95 bits per heavy atom. The van der Waals surface area contributed by atoms with Gasteiger partial charge in [0, 0.05) is 17.0 Å². The molecule has 0 aromatic heterocycles. The van der Waals surface area contributed by atoms with Crippen LogP contribution in [-0.2, 0) is 0 Å². The maximum atomic E-state index is 3.51. The first-order valence-electron chi connectivity index (χ1n) is 7.56. The Bertz CT molecular complexity index is 396. The monoisotopic (exact) mass is 277 g/mol. The van der Waals surface area contributed by atoms with Gasteiger partial charge in [0.1, 0.15) is 0 Å². The molecule has 1 atom stereocenters. The van der Waals surface area contributed by atoms with E-state index in [1.165, 1.54) is 54.5 Å². The van der Waals surface area contributed by atoms with Crippen molar-refractivity contribution in [1.82, 2.24) is 5.32 Å². The molecule has 0 spiro atoms. The zero-order valence-electron chi connectivity index (χ0n) is 12.5. The molecule has 0 saturated heterocycles. The first-order chi connectivity index (χ1) is 9.20. The zero-order chi connectivity index (χ0) is 13.7. The average molecular weight is 277 g/mol. The van der Waals surface area contributed by atoms with Crippen molar-refractivity contribution in [3.05, 3.63) is 34.9 Å². The molecule has 1 aromatic rings. The van der Waals surface area contributed by atoms with Crippen LogP contribution in [0.2, 0.25) is 0 Å². The van der Waals surface area contributed by atoms with Gasteiger partial charge in [0.25, 0.3) is 0 Å². The highest BCUT2D eigenvalue weighted by atomic mass is 32.2. The molecule has 0 radical (unpaired) electrons. The number of hydrogen-bond acceptors (Lipinski definition) is 2. The first kappa shape index (κ1) is 14.9. The third kappa shape index (κ3) is 4.25. The molecule has 1 aliphatic rings. The zero-order valence-corrected chi connectivity index (χ0v) is 13.4. The molecule has 2 heteroatoms. The summed E-state index contributed by atoms with van der Waals surface area (Å²) >= 11 is 2.18. The average Bonchev–Trinajstić information content (AvgIpc) is 2.44. The van der Waals surface area contributed by atoms with E-state index in [0.717, 1.165) is 5.25 Å². The smallest absolute Gasteiger partial charge is 0.0412 e. The Kier molecular flexibility index (Phi) is 5.77. The van der Waals surface area contributed by atoms with Gasteiger partial charge in [-0.15, -0.1) is 0 Å². The lowest BCUT2D eigenvalue weighted by Gasteiger charge is -2.25. The molecule has 1 nitrogen and oxygen atoms in total. The second-order valence-electron chi connectivity index (χ2n) is 5.79. The molecule has 1 N–H and O–H groups in total. The maximum absolute atomic E-state index is 3.51. The van der Waals surface area contributed by atoms with Crippen molar-refractivity contribution in [3.8, 4) is 0 Å². The standard InChI is InChI=1S/C17H27NS/c1-13-9-10-14(2)16(11-13)17(18-3)12-19-15-7-5-4-6-8-15/h9-11,15,17-18H,4-8,12H2,1-3H3. The lowest BCUT2D eigenvalue weighted by Crippen LogP contribution is -2.22. The summed E-state index contributed by atoms with van der Waals surface area (Å²) < 4.78 is 0. The third-order valence-electron chi connectivity index (χ3n) is 4.21. The van der Waals surface area contributed by atoms with E-state index in [-0.39, 0.29) is 0 Å². The van der Waals surface area contributed by atoms with Crippen molar-refractivity contribution in [2.75, 3.05) is 12.8 Å². The van der Waals surface area contributed by atoms with E-state index in [1.807, 2.05) is 0 Å². The van der Waals surface area contributed by atoms with Gasteiger partial charge in [-0.1, -0.05) is 43.0 Å². The minimum absolute atomic E-state index is 0.492. The number of aryl methyl sites for hydroxylation is 2. The summed E-state index contributed by atoms with van der Waals surface area (Å²) in [4.78, 5) is 0. The molecule has 0 aliphatic heterocycles. The molecule has 1 fully saturated rings. The van der Waals surface area contributed by atoms with Crippen LogP contribution in [0.3, 0.4) is 0 Å². The summed E-state index contributed by atoms with van der Waals surface area (Å²) in [5.41, 5.74) is 4.25. The number of rotatable bonds is 5. The van der Waals surface area contributed by atoms with Gasteiger partial charge in [-0.25, -0.2) is 0 Å². The SMILES string of the molecule is CNC(CSC1CCCCC1)c1cc(C)ccc1C. The first-order valence-corrected chi connectivity index (χ1v) is 8.61. The van der Waals surface area contributed by atoms with Crippen LogP contribution in [0.15, 0.2) is 18.2 Å². The van der Waals surface area contributed by atoms with E-state index < -0.39 is 0 Å². The largest absolute Gasteiger partial charge is 0.312 e. The summed E-state index contributed by atoms with van der Waals surface area (Å²) in [6.45, 7) is 4.41. The maximum Gasteiger partial charge on any atom is 0.0412 e. The molecule has 1 unspecified atom stereocenters. The summed E-state index contributed by atoms with van der Waals surface area (Å²) in [5, 5.41) is 4.40. The topological polar surface area (TPSA) is 12.0 Å². The van der Waals surface area contributed by atoms with Crippen LogP contribution in [0.4, 0.5) is 0 Å². The fraction of sp³-hybridized carbons (Fsp3) is 0.647. The third-order valence-corrected chi connectivity index (χ3v) is 5.68. The van der Waals surface area contributed by atoms with Gasteiger partial charge < -0.3 is 5.32 Å². The van der Waals surface area contributed by atoms with E-state index >= 15 is 0 Å². The lowest BCUT2D eigenvalue weighted by molar-refractivity contribution is 0.514. The lowest BCUT2D eigenvalue weighted by atomic mass is 10.00. The molecule has 0 heterocycles. The van der Waals surface area contributed by atoms with Crippen LogP contribution in [0.1, 0.15) is 54.8 Å². The Labute approximate surface area is 122 Å². The predicted molar refractivity (Wildman–Crippen MR) is 87.0 cm³/mol. The second kappa shape index (κ2) is 7.35. The van der Waals surface area contributed by atoms with E-state index in [4.69, 9.17) is 0 Å². The minimum Gasteiger partial charge on any atom is -0.312 e. The molecule has 1 aliphatic carbocycles. The van der Waals surface area contributed by atoms with Gasteiger partial charge in [0.05, 0.1) is 0 Å². The summed E-state index contributed by atoms with van der Waals surface area (Å²) in [7, 11) is 2.09. The number of nitrogens with one attached hydrogen (secondary N) is 1. The molecular weight excluding hydrogens is 250 g/mol. The van der Waals surface area contributed by atoms with Crippen molar-refractivity contribution < 1.29 is 0 Å². The van der Waals surface area contributed by atoms with Gasteiger partial charge in [0.15, 0.2) is 0 Å². The normalized spacial score (nSPS) is 18.5. The molecule has 2 rings (SSSR count). The molecule has 19 heavy (non-hydrogen) atoms. The Morgan fingerprint density at radius 1 is 1.21 bits per heavy atom. The highest BCUT2D eigenvalue weighted by molar-refractivity contribution is 7.99. The van der Waals surface area contributed by atoms with Gasteiger partial charge in [-0.3, -0.25) is 0 Å². The van der Waals surface area contributed by atoms with Gasteiger partial charge >= 0.3 is 0 Å². The van der Waals surface area contributed by atoms with Gasteiger partial charge in [-0.2, -0.15) is 11.8 Å². The van der Waals surface area contributed by atoms with Gasteiger partial charge in [0.2, 0.25) is 0 Å². The van der Waals surface area contributed by atoms with E-state index in [0.29, 0.717) is 6.04 Å². The minimum atomic E-state index is 0.492. The van der Waals surface area contributed by atoms with E-state index in [2.05, 4.69) is 56.2 Å². The molecule has 0 bridgehead atoms.